The lowest BCUT2D eigenvalue weighted by molar-refractivity contribution is 0.469. The van der Waals surface area contributed by atoms with Crippen LogP contribution in [-0.4, -0.2) is 0 Å². The molecule has 102 valence electrons. The van der Waals surface area contributed by atoms with Gasteiger partial charge in [0.1, 0.15) is 0 Å². The molecule has 0 heterocycles. The molecule has 0 aliphatic rings. The van der Waals surface area contributed by atoms with Crippen molar-refractivity contribution in [3.05, 3.63) is 0 Å². The van der Waals surface area contributed by atoms with Gasteiger partial charge in [0.15, 0.2) is 0 Å². The van der Waals surface area contributed by atoms with Gasteiger partial charge in [-0.05, 0) is 10.8 Å². The SMILES string of the molecule is C.CC.CC.CC(C)(C)C.CC(C)(C)C.[2HH]. The van der Waals surface area contributed by atoms with Crippen LogP contribution in [0.1, 0.15) is 91.9 Å². The van der Waals surface area contributed by atoms with E-state index in [4.69, 9.17) is 0 Å². The maximum absolute atomic E-state index is 2.19. The van der Waals surface area contributed by atoms with Crippen molar-refractivity contribution in [2.24, 2.45) is 10.8 Å². The van der Waals surface area contributed by atoms with Gasteiger partial charge in [0.25, 0.3) is 0 Å². The summed E-state index contributed by atoms with van der Waals surface area (Å²) in [4.78, 5) is 0. The maximum atomic E-state index is 2.19. The van der Waals surface area contributed by atoms with Crippen molar-refractivity contribution in [2.75, 3.05) is 0 Å². The molecule has 0 saturated carbocycles. The average Bonchev–Trinajstić information content (AvgIpc) is 1.88. The Labute approximate surface area is 103 Å². The molecule has 0 aliphatic heterocycles. The van der Waals surface area contributed by atoms with Crippen LogP contribution in [0.3, 0.4) is 0 Å². The molecule has 0 nitrogen and oxygen atoms in total. The number of hydrogen-bond donors (Lipinski definition) is 0. The molecule has 0 fully saturated rings. The monoisotopic (exact) mass is 223 g/mol. The quantitative estimate of drug-likeness (QED) is 0.413. The average molecular weight is 224 g/mol. The van der Waals surface area contributed by atoms with Crippen LogP contribution in [0.25, 0.3) is 0 Å². The molecule has 0 heteroatoms. The predicted octanol–water partition coefficient (Wildman–Crippen LogP) is 7.04. The van der Waals surface area contributed by atoms with E-state index in [0.717, 1.165) is 0 Å². The lowest BCUT2D eigenvalue weighted by Crippen LogP contribution is -1.93. The maximum Gasteiger partial charge on any atom is 0 e. The highest BCUT2D eigenvalue weighted by Gasteiger charge is 1.96. The van der Waals surface area contributed by atoms with Gasteiger partial charge < -0.3 is 0 Å². The summed E-state index contributed by atoms with van der Waals surface area (Å²) in [5.41, 5.74) is 1.00. The van der Waals surface area contributed by atoms with Crippen LogP contribution in [-0.2, 0) is 0 Å². The van der Waals surface area contributed by atoms with Crippen molar-refractivity contribution < 1.29 is 1.43 Å². The fourth-order valence-corrected chi connectivity index (χ4v) is 0. The molecule has 0 amide bonds. The summed E-state index contributed by atoms with van der Waals surface area (Å²) in [7, 11) is 0. The third-order valence-corrected chi connectivity index (χ3v) is 0. The van der Waals surface area contributed by atoms with Crippen LogP contribution in [0.2, 0.25) is 0 Å². The summed E-state index contributed by atoms with van der Waals surface area (Å²) >= 11 is 0. The molecule has 0 unspecified atom stereocenters. The molecule has 15 heavy (non-hydrogen) atoms. The van der Waals surface area contributed by atoms with Gasteiger partial charge in [0.05, 0.1) is 0 Å². The van der Waals surface area contributed by atoms with Gasteiger partial charge in [-0.3, -0.25) is 0 Å². The highest BCUT2D eigenvalue weighted by Crippen LogP contribution is 2.08. The molecule has 0 spiro atoms. The Morgan fingerprint density at radius 2 is 0.467 bits per heavy atom. The molecule has 0 bridgehead atoms. The van der Waals surface area contributed by atoms with Crippen LogP contribution in [0, 0.1) is 10.8 Å². The second kappa shape index (κ2) is 16.4. The first-order chi connectivity index (χ1) is 6.00. The fraction of sp³-hybridized carbons (Fsp3) is 1.00. The topological polar surface area (TPSA) is 0 Å². The summed E-state index contributed by atoms with van der Waals surface area (Å²) in [5, 5.41) is 0. The van der Waals surface area contributed by atoms with Crippen LogP contribution < -0.4 is 0 Å². The zero-order valence-electron chi connectivity index (χ0n) is 13.0. The zero-order valence-corrected chi connectivity index (χ0v) is 13.0. The van der Waals surface area contributed by atoms with E-state index >= 15 is 0 Å². The fourth-order valence-electron chi connectivity index (χ4n) is 0. The van der Waals surface area contributed by atoms with Gasteiger partial charge in [-0.1, -0.05) is 90.5 Å². The summed E-state index contributed by atoms with van der Waals surface area (Å²) in [6, 6.07) is 0. The molecule has 0 saturated heterocycles. The molecule has 0 radical (unpaired) electrons. The van der Waals surface area contributed by atoms with Crippen molar-refractivity contribution in [3.8, 4) is 0 Å². The van der Waals surface area contributed by atoms with E-state index in [1.54, 1.807) is 0 Å². The van der Waals surface area contributed by atoms with Crippen molar-refractivity contribution >= 4 is 0 Å². The first-order valence-corrected chi connectivity index (χ1v) is 6.00. The number of hydrogen-bond acceptors (Lipinski definition) is 0. The van der Waals surface area contributed by atoms with Gasteiger partial charge >= 0.3 is 0 Å². The van der Waals surface area contributed by atoms with Gasteiger partial charge in [-0.15, -0.1) is 0 Å². The first-order valence-electron chi connectivity index (χ1n) is 6.00. The van der Waals surface area contributed by atoms with E-state index in [1.807, 2.05) is 27.7 Å². The van der Waals surface area contributed by atoms with Crippen LogP contribution >= 0.6 is 0 Å². The van der Waals surface area contributed by atoms with Crippen molar-refractivity contribution in [3.63, 3.8) is 0 Å². The van der Waals surface area contributed by atoms with Gasteiger partial charge in [0.2, 0.25) is 0 Å². The van der Waals surface area contributed by atoms with Crippen LogP contribution in [0.15, 0.2) is 0 Å². The molecule has 0 N–H and O–H groups in total. The lowest BCUT2D eigenvalue weighted by atomic mass is 10.0. The molecule has 0 aliphatic carbocycles. The summed E-state index contributed by atoms with van der Waals surface area (Å²) < 4.78 is 0. The Bertz CT molecular complexity index is 48.4. The molecular weight excluding hydrogens is 180 g/mol. The molecule has 0 aromatic carbocycles. The standard InChI is InChI=1S/2C5H12.2C2H6.CH4.H2/c2*1-5(2,3)4;2*1-2;;/h2*1-4H3;2*1-2H3;1H4;1H/i;;;;;1+1. The predicted molar refractivity (Wildman–Crippen MR) is 81.8 cm³/mol. The second-order valence-corrected chi connectivity index (χ2v) is 6.00. The third kappa shape index (κ3) is 0. The second-order valence-electron chi connectivity index (χ2n) is 6.00. The lowest BCUT2D eigenvalue weighted by Gasteiger charge is -2.05. The Hall–Kier alpha value is 0. The normalized spacial score (nSPS) is 8.80. The Balaban J connectivity index is -0.0000000218. The van der Waals surface area contributed by atoms with E-state index in [0.29, 0.717) is 10.8 Å². The molecule has 0 aromatic heterocycles. The highest BCUT2D eigenvalue weighted by molar-refractivity contribution is 4.47. The minimum Gasteiger partial charge on any atom is -0.0776 e. The smallest absolute Gasteiger partial charge is 0 e. The van der Waals surface area contributed by atoms with Crippen molar-refractivity contribution in [1.82, 2.24) is 0 Å². The van der Waals surface area contributed by atoms with E-state index in [-0.39, 0.29) is 8.85 Å². The van der Waals surface area contributed by atoms with Crippen LogP contribution in [0.4, 0.5) is 0 Å². The summed E-state index contributed by atoms with van der Waals surface area (Å²) in [6.07, 6.45) is 0. The third-order valence-electron chi connectivity index (χ3n) is 0. The Morgan fingerprint density at radius 3 is 0.467 bits per heavy atom. The van der Waals surface area contributed by atoms with Crippen molar-refractivity contribution in [1.29, 1.82) is 0 Å². The number of rotatable bonds is 0. The Kier molecular flexibility index (Phi) is 32.2. The van der Waals surface area contributed by atoms with E-state index in [2.05, 4.69) is 55.4 Å². The molecule has 0 atom stereocenters. The summed E-state index contributed by atoms with van der Waals surface area (Å²) in [5.74, 6) is 0. The molecule has 0 rings (SSSR count). The van der Waals surface area contributed by atoms with Gasteiger partial charge in [0, 0.05) is 1.43 Å². The van der Waals surface area contributed by atoms with Gasteiger partial charge in [-0.2, -0.15) is 0 Å². The molecule has 0 aromatic rings. The minimum absolute atomic E-state index is 0. The first kappa shape index (κ1) is 29.4. The van der Waals surface area contributed by atoms with E-state index in [9.17, 15) is 0 Å². The Morgan fingerprint density at radius 1 is 0.467 bits per heavy atom. The minimum atomic E-state index is 0. The van der Waals surface area contributed by atoms with Crippen molar-refractivity contribution in [2.45, 2.75) is 90.5 Å². The van der Waals surface area contributed by atoms with E-state index in [1.165, 1.54) is 0 Å². The molecular formula is C15H42. The highest BCUT2D eigenvalue weighted by atomic mass is 14.0. The van der Waals surface area contributed by atoms with Crippen LogP contribution in [0.5, 0.6) is 0 Å². The van der Waals surface area contributed by atoms with E-state index < -0.39 is 0 Å². The summed E-state index contributed by atoms with van der Waals surface area (Å²) in [6.45, 7) is 25.5. The van der Waals surface area contributed by atoms with Gasteiger partial charge in [-0.25, -0.2) is 0 Å². The largest absolute Gasteiger partial charge is 0.0776 e. The zero-order chi connectivity index (χ0) is 13.0.